The summed E-state index contributed by atoms with van der Waals surface area (Å²) in [5.74, 6) is -0.199. The smallest absolute Gasteiger partial charge is 0.220 e. The Morgan fingerprint density at radius 2 is 0.896 bits per heavy atom. The van der Waals surface area contributed by atoms with E-state index < -0.39 is 49.5 Å². The number of ether oxygens (including phenoxy) is 2. The van der Waals surface area contributed by atoms with Crippen LogP contribution < -0.4 is 5.32 Å². The van der Waals surface area contributed by atoms with Gasteiger partial charge >= 0.3 is 0 Å². The van der Waals surface area contributed by atoms with Crippen LogP contribution >= 0.6 is 0 Å². The number of hydrogen-bond donors (Lipinski definition) is 6. The van der Waals surface area contributed by atoms with Crippen molar-refractivity contribution < 1.29 is 39.8 Å². The van der Waals surface area contributed by atoms with Crippen molar-refractivity contribution in [3.63, 3.8) is 0 Å². The van der Waals surface area contributed by atoms with Crippen molar-refractivity contribution in [2.24, 2.45) is 0 Å². The van der Waals surface area contributed by atoms with E-state index in [9.17, 15) is 30.3 Å². The highest BCUT2D eigenvalue weighted by Crippen LogP contribution is 2.23. The van der Waals surface area contributed by atoms with E-state index in [-0.39, 0.29) is 12.5 Å². The summed E-state index contributed by atoms with van der Waals surface area (Å²) in [6.45, 7) is 3.74. The first kappa shape index (κ1) is 62.9. The maximum atomic E-state index is 13.0. The molecular formula is C58H105NO8. The van der Waals surface area contributed by atoms with Gasteiger partial charge in [0.25, 0.3) is 0 Å². The number of aliphatic hydroxyl groups excluding tert-OH is 5. The fourth-order valence-corrected chi connectivity index (χ4v) is 8.59. The summed E-state index contributed by atoms with van der Waals surface area (Å²) in [6.07, 6.45) is 57.1. The predicted molar refractivity (Wildman–Crippen MR) is 281 cm³/mol. The number of aliphatic hydroxyl groups is 5. The molecule has 1 aliphatic rings. The fraction of sp³-hybridized carbons (Fsp3) is 0.810. The van der Waals surface area contributed by atoms with Crippen LogP contribution in [0.1, 0.15) is 245 Å². The van der Waals surface area contributed by atoms with E-state index in [0.29, 0.717) is 6.42 Å². The summed E-state index contributed by atoms with van der Waals surface area (Å²) in [7, 11) is 0. The Morgan fingerprint density at radius 3 is 1.39 bits per heavy atom. The van der Waals surface area contributed by atoms with Crippen molar-refractivity contribution in [3.05, 3.63) is 60.8 Å². The number of amides is 1. The standard InChI is InChI=1S/C58H105NO8/c1-3-5-7-9-11-13-15-17-19-21-23-24-25-26-27-28-30-31-33-35-37-39-41-43-45-47-52(61)51(50-66-58-57(65)56(64)55(63)53(49-60)67-58)59-54(62)48-46-44-42-40-38-36-34-32-29-22-20-18-16-14-12-10-8-6-4-2/h12,14,18,20,29,32,37,39,45,47,51-53,55-58,60-61,63-65H,3-11,13,15-17,19,21-28,30-31,33-36,38,40-44,46,48-50H2,1-2H3,(H,59,62)/b14-12-,20-18-,32-29-,39-37+,47-45+. The third-order valence-electron chi connectivity index (χ3n) is 13.1. The van der Waals surface area contributed by atoms with Gasteiger partial charge in [0, 0.05) is 6.42 Å². The molecule has 0 aromatic rings. The van der Waals surface area contributed by atoms with Crippen molar-refractivity contribution in [3.8, 4) is 0 Å². The summed E-state index contributed by atoms with van der Waals surface area (Å²) in [6, 6.07) is -0.832. The van der Waals surface area contributed by atoms with E-state index >= 15 is 0 Å². The van der Waals surface area contributed by atoms with Crippen molar-refractivity contribution >= 4 is 5.91 Å². The second-order valence-corrected chi connectivity index (χ2v) is 19.4. The monoisotopic (exact) mass is 944 g/mol. The van der Waals surface area contributed by atoms with E-state index in [1.165, 1.54) is 161 Å². The molecule has 1 aliphatic heterocycles. The highest BCUT2D eigenvalue weighted by Gasteiger charge is 2.44. The maximum Gasteiger partial charge on any atom is 0.220 e. The molecule has 0 aromatic carbocycles. The minimum absolute atomic E-state index is 0.199. The summed E-state index contributed by atoms with van der Waals surface area (Å²) >= 11 is 0. The van der Waals surface area contributed by atoms with Crippen LogP contribution in [-0.2, 0) is 14.3 Å². The third-order valence-corrected chi connectivity index (χ3v) is 13.1. The largest absolute Gasteiger partial charge is 0.394 e. The van der Waals surface area contributed by atoms with Gasteiger partial charge in [-0.1, -0.05) is 229 Å². The Hall–Kier alpha value is -2.11. The van der Waals surface area contributed by atoms with Crippen LogP contribution in [0.25, 0.3) is 0 Å². The normalized spacial score (nSPS) is 20.1. The van der Waals surface area contributed by atoms with Crippen molar-refractivity contribution in [2.45, 2.75) is 288 Å². The average Bonchev–Trinajstić information content (AvgIpc) is 3.33. The molecule has 1 rings (SSSR count). The molecule has 0 radical (unpaired) electrons. The molecule has 0 bridgehead atoms. The molecule has 9 nitrogen and oxygen atoms in total. The molecule has 1 amide bonds. The third kappa shape index (κ3) is 37.4. The number of carbonyl (C=O) groups excluding carboxylic acids is 1. The second kappa shape index (κ2) is 47.6. The van der Waals surface area contributed by atoms with Gasteiger partial charge in [-0.25, -0.2) is 0 Å². The molecule has 0 spiro atoms. The first-order valence-electron chi connectivity index (χ1n) is 28.0. The van der Waals surface area contributed by atoms with Gasteiger partial charge in [-0.2, -0.15) is 0 Å². The van der Waals surface area contributed by atoms with Gasteiger partial charge in [-0.15, -0.1) is 0 Å². The SMILES string of the molecule is CCCCC/C=C\C/C=C\C/C=C\CCCCCCCCC(=O)NC(COC1OC(CO)C(O)C(O)C1O)C(O)/C=C/CC/C=C/CCCCCCCCCCCCCCCCCCCCC. The molecule has 7 unspecified atom stereocenters. The zero-order valence-corrected chi connectivity index (χ0v) is 43.1. The fourth-order valence-electron chi connectivity index (χ4n) is 8.59. The number of hydrogen-bond acceptors (Lipinski definition) is 8. The van der Waals surface area contributed by atoms with Gasteiger partial charge in [0.2, 0.25) is 5.91 Å². The lowest BCUT2D eigenvalue weighted by Crippen LogP contribution is -2.60. The lowest BCUT2D eigenvalue weighted by molar-refractivity contribution is -0.302. The van der Waals surface area contributed by atoms with Crippen molar-refractivity contribution in [1.82, 2.24) is 5.32 Å². The van der Waals surface area contributed by atoms with Gasteiger partial charge in [0.1, 0.15) is 24.4 Å². The molecule has 7 atom stereocenters. The van der Waals surface area contributed by atoms with Gasteiger partial charge in [0.15, 0.2) is 6.29 Å². The van der Waals surface area contributed by atoms with Gasteiger partial charge in [-0.3, -0.25) is 4.79 Å². The van der Waals surface area contributed by atoms with Crippen LogP contribution in [0, 0.1) is 0 Å². The quantitative estimate of drug-likeness (QED) is 0.0261. The first-order valence-corrected chi connectivity index (χ1v) is 28.0. The van der Waals surface area contributed by atoms with Gasteiger partial charge in [-0.05, 0) is 70.6 Å². The average molecular weight is 944 g/mol. The molecule has 1 heterocycles. The van der Waals surface area contributed by atoms with E-state index in [0.717, 1.165) is 64.2 Å². The lowest BCUT2D eigenvalue weighted by atomic mass is 9.99. The molecule has 0 saturated carbocycles. The second-order valence-electron chi connectivity index (χ2n) is 19.4. The summed E-state index contributed by atoms with van der Waals surface area (Å²) < 4.78 is 11.2. The summed E-state index contributed by atoms with van der Waals surface area (Å²) in [5, 5.41) is 54.4. The number of allylic oxidation sites excluding steroid dienone is 9. The number of carbonyl (C=O) groups is 1. The molecule has 1 fully saturated rings. The zero-order chi connectivity index (χ0) is 48.7. The Kier molecular flexibility index (Phi) is 44.7. The molecule has 6 N–H and O–H groups in total. The van der Waals surface area contributed by atoms with E-state index in [2.05, 4.69) is 67.8 Å². The maximum absolute atomic E-state index is 13.0. The molecule has 0 aromatic heterocycles. The van der Waals surface area contributed by atoms with Crippen LogP contribution in [0.2, 0.25) is 0 Å². The van der Waals surface area contributed by atoms with Crippen LogP contribution in [0.5, 0.6) is 0 Å². The minimum atomic E-state index is -1.58. The molecule has 9 heteroatoms. The molecule has 67 heavy (non-hydrogen) atoms. The number of unbranched alkanes of at least 4 members (excludes halogenated alkanes) is 29. The molecular weight excluding hydrogens is 839 g/mol. The highest BCUT2D eigenvalue weighted by atomic mass is 16.7. The van der Waals surface area contributed by atoms with Crippen LogP contribution in [-0.4, -0.2) is 87.5 Å². The van der Waals surface area contributed by atoms with Gasteiger partial charge in [0.05, 0.1) is 25.4 Å². The molecule has 390 valence electrons. The Bertz CT molecular complexity index is 1230. The lowest BCUT2D eigenvalue weighted by Gasteiger charge is -2.40. The topological polar surface area (TPSA) is 149 Å². The highest BCUT2D eigenvalue weighted by molar-refractivity contribution is 5.76. The minimum Gasteiger partial charge on any atom is -0.394 e. The summed E-state index contributed by atoms with van der Waals surface area (Å²) in [5.41, 5.74) is 0. The van der Waals surface area contributed by atoms with E-state index in [1.54, 1.807) is 6.08 Å². The van der Waals surface area contributed by atoms with Crippen molar-refractivity contribution in [2.75, 3.05) is 13.2 Å². The Balaban J connectivity index is 2.28. The van der Waals surface area contributed by atoms with Crippen LogP contribution in [0.4, 0.5) is 0 Å². The number of nitrogens with one attached hydrogen (secondary N) is 1. The summed E-state index contributed by atoms with van der Waals surface area (Å²) in [4.78, 5) is 13.0. The van der Waals surface area contributed by atoms with Crippen molar-refractivity contribution in [1.29, 1.82) is 0 Å². The van der Waals surface area contributed by atoms with Crippen LogP contribution in [0.15, 0.2) is 60.8 Å². The predicted octanol–water partition coefficient (Wildman–Crippen LogP) is 13.5. The molecule has 1 saturated heterocycles. The van der Waals surface area contributed by atoms with Gasteiger partial charge < -0.3 is 40.3 Å². The number of rotatable bonds is 47. The molecule has 0 aliphatic carbocycles. The van der Waals surface area contributed by atoms with Crippen LogP contribution in [0.3, 0.4) is 0 Å². The Labute approximate surface area is 411 Å². The zero-order valence-electron chi connectivity index (χ0n) is 43.1. The van der Waals surface area contributed by atoms with E-state index in [4.69, 9.17) is 9.47 Å². The van der Waals surface area contributed by atoms with E-state index in [1.807, 2.05) is 6.08 Å². The Morgan fingerprint density at radius 1 is 0.507 bits per heavy atom. The first-order chi connectivity index (χ1) is 32.8.